The molecule has 0 saturated carbocycles. The Bertz CT molecular complexity index is 667. The minimum absolute atomic E-state index is 0.224. The lowest BCUT2D eigenvalue weighted by molar-refractivity contribution is 0.0943. The number of rotatable bonds is 9. The Morgan fingerprint density at radius 1 is 1.25 bits per heavy atom. The van der Waals surface area contributed by atoms with Gasteiger partial charge in [0.2, 0.25) is 0 Å². The van der Waals surface area contributed by atoms with E-state index in [2.05, 4.69) is 20.6 Å². The minimum Gasteiger partial charge on any atom is -0.385 e. The number of halogens is 1. The summed E-state index contributed by atoms with van der Waals surface area (Å²) < 4.78 is 18.5. The number of amides is 1. The van der Waals surface area contributed by atoms with Gasteiger partial charge >= 0.3 is 0 Å². The molecule has 1 amide bonds. The van der Waals surface area contributed by atoms with Crippen LogP contribution in [0.25, 0.3) is 0 Å². The molecule has 0 aliphatic heterocycles. The predicted molar refractivity (Wildman–Crippen MR) is 89.5 cm³/mol. The maximum absolute atomic E-state index is 13.5. The van der Waals surface area contributed by atoms with E-state index < -0.39 is 0 Å². The zero-order valence-electron chi connectivity index (χ0n) is 13.6. The number of aromatic nitrogens is 2. The average molecular weight is 332 g/mol. The highest BCUT2D eigenvalue weighted by Crippen LogP contribution is 2.08. The number of benzene rings is 1. The quantitative estimate of drug-likeness (QED) is 0.687. The smallest absolute Gasteiger partial charge is 0.270 e. The van der Waals surface area contributed by atoms with Gasteiger partial charge < -0.3 is 15.4 Å². The molecule has 1 aromatic heterocycles. The molecule has 0 radical (unpaired) electrons. The molecule has 24 heavy (non-hydrogen) atoms. The van der Waals surface area contributed by atoms with Gasteiger partial charge in [-0.25, -0.2) is 14.4 Å². The minimum atomic E-state index is -0.259. The van der Waals surface area contributed by atoms with Crippen molar-refractivity contribution in [3.8, 4) is 0 Å². The van der Waals surface area contributed by atoms with E-state index in [9.17, 15) is 9.18 Å². The van der Waals surface area contributed by atoms with Gasteiger partial charge in [-0.1, -0.05) is 18.2 Å². The Morgan fingerprint density at radius 2 is 2.08 bits per heavy atom. The molecule has 0 unspecified atom stereocenters. The normalized spacial score (nSPS) is 10.4. The summed E-state index contributed by atoms with van der Waals surface area (Å²) in [5.74, 6) is 0.0483. The van der Waals surface area contributed by atoms with Gasteiger partial charge in [-0.3, -0.25) is 4.79 Å². The first kappa shape index (κ1) is 17.8. The highest BCUT2D eigenvalue weighted by Gasteiger charge is 2.08. The van der Waals surface area contributed by atoms with Crippen LogP contribution in [0.2, 0.25) is 0 Å². The second kappa shape index (κ2) is 9.57. The highest BCUT2D eigenvalue weighted by atomic mass is 19.1. The number of carbonyl (C=O) groups excluding carboxylic acids is 1. The molecule has 2 N–H and O–H groups in total. The van der Waals surface area contributed by atoms with Gasteiger partial charge in [-0.05, 0) is 24.5 Å². The first-order chi connectivity index (χ1) is 11.7. The summed E-state index contributed by atoms with van der Waals surface area (Å²) in [6.07, 6.45) is 2.59. The largest absolute Gasteiger partial charge is 0.385 e. The summed E-state index contributed by atoms with van der Waals surface area (Å²) in [5.41, 5.74) is 0.922. The van der Waals surface area contributed by atoms with E-state index in [0.29, 0.717) is 37.5 Å². The van der Waals surface area contributed by atoms with Crippen LogP contribution in [-0.2, 0) is 11.2 Å². The van der Waals surface area contributed by atoms with Crippen molar-refractivity contribution >= 4 is 11.7 Å². The van der Waals surface area contributed by atoms with Gasteiger partial charge in [0, 0.05) is 32.9 Å². The Labute approximate surface area is 140 Å². The van der Waals surface area contributed by atoms with Crippen molar-refractivity contribution in [2.75, 3.05) is 32.1 Å². The number of nitrogens with zero attached hydrogens (tertiary/aromatic N) is 2. The Balaban J connectivity index is 1.84. The lowest BCUT2D eigenvalue weighted by Gasteiger charge is -2.08. The summed E-state index contributed by atoms with van der Waals surface area (Å²) in [6, 6.07) is 8.22. The van der Waals surface area contributed by atoms with Gasteiger partial charge in [-0.2, -0.15) is 0 Å². The molecule has 0 saturated heterocycles. The Morgan fingerprint density at radius 3 is 2.88 bits per heavy atom. The maximum atomic E-state index is 13.5. The monoisotopic (exact) mass is 332 g/mol. The molecule has 7 heteroatoms. The molecule has 0 fully saturated rings. The maximum Gasteiger partial charge on any atom is 0.270 e. The Hall–Kier alpha value is -2.54. The lowest BCUT2D eigenvalue weighted by atomic mass is 10.1. The number of hydrogen-bond donors (Lipinski definition) is 2. The number of ether oxygens (including phenoxy) is 1. The van der Waals surface area contributed by atoms with E-state index >= 15 is 0 Å². The summed E-state index contributed by atoms with van der Waals surface area (Å²) in [5, 5.41) is 5.84. The van der Waals surface area contributed by atoms with E-state index in [1.165, 1.54) is 12.4 Å². The van der Waals surface area contributed by atoms with Gasteiger partial charge in [-0.15, -0.1) is 0 Å². The van der Waals surface area contributed by atoms with Crippen LogP contribution in [0.4, 0.5) is 10.2 Å². The van der Waals surface area contributed by atoms with E-state index in [0.717, 1.165) is 6.42 Å². The van der Waals surface area contributed by atoms with Crippen LogP contribution in [0, 0.1) is 5.82 Å². The third kappa shape index (κ3) is 5.58. The fraction of sp³-hybridized carbons (Fsp3) is 0.353. The molecule has 0 spiro atoms. The molecule has 0 bridgehead atoms. The van der Waals surface area contributed by atoms with Gasteiger partial charge in [0.15, 0.2) is 0 Å². The number of carbonyl (C=O) groups is 1. The number of nitrogens with one attached hydrogen (secondary N) is 2. The van der Waals surface area contributed by atoms with Crippen molar-refractivity contribution in [3.05, 3.63) is 53.7 Å². The van der Waals surface area contributed by atoms with Crippen molar-refractivity contribution in [2.45, 2.75) is 12.8 Å². The predicted octanol–water partition coefficient (Wildman–Crippen LogP) is 2.04. The van der Waals surface area contributed by atoms with E-state index in [1.807, 2.05) is 0 Å². The van der Waals surface area contributed by atoms with E-state index in [-0.39, 0.29) is 17.4 Å². The fourth-order valence-electron chi connectivity index (χ4n) is 2.11. The van der Waals surface area contributed by atoms with Crippen molar-refractivity contribution < 1.29 is 13.9 Å². The van der Waals surface area contributed by atoms with Crippen LogP contribution in [0.3, 0.4) is 0 Å². The number of hydrogen-bond acceptors (Lipinski definition) is 5. The van der Waals surface area contributed by atoms with Crippen LogP contribution in [0.1, 0.15) is 22.5 Å². The van der Waals surface area contributed by atoms with Crippen LogP contribution < -0.4 is 10.6 Å². The first-order valence-electron chi connectivity index (χ1n) is 7.77. The molecule has 0 aliphatic rings. The second-order valence-corrected chi connectivity index (χ2v) is 5.16. The van der Waals surface area contributed by atoms with E-state index in [4.69, 9.17) is 4.74 Å². The Kier molecular flexibility index (Phi) is 7.10. The molecule has 2 aromatic rings. The van der Waals surface area contributed by atoms with Crippen molar-refractivity contribution in [3.63, 3.8) is 0 Å². The molecule has 128 valence electrons. The van der Waals surface area contributed by atoms with Gasteiger partial charge in [0.25, 0.3) is 5.91 Å². The zero-order chi connectivity index (χ0) is 17.2. The highest BCUT2D eigenvalue weighted by molar-refractivity contribution is 5.92. The molecule has 1 heterocycles. The molecule has 0 aliphatic carbocycles. The molecule has 1 aromatic carbocycles. The average Bonchev–Trinajstić information content (AvgIpc) is 2.60. The van der Waals surface area contributed by atoms with Crippen LogP contribution in [0.5, 0.6) is 0 Å². The SMILES string of the molecule is COCCCNC(=O)c1cc(NCCc2ccccc2F)ncn1. The summed E-state index contributed by atoms with van der Waals surface area (Å²) in [6.45, 7) is 1.62. The summed E-state index contributed by atoms with van der Waals surface area (Å²) in [4.78, 5) is 20.0. The molecule has 2 rings (SSSR count). The molecule has 6 nitrogen and oxygen atoms in total. The third-order valence-electron chi connectivity index (χ3n) is 3.37. The molecule has 0 atom stereocenters. The first-order valence-corrected chi connectivity index (χ1v) is 7.77. The zero-order valence-corrected chi connectivity index (χ0v) is 13.6. The second-order valence-electron chi connectivity index (χ2n) is 5.16. The number of methoxy groups -OCH3 is 1. The van der Waals surface area contributed by atoms with Crippen molar-refractivity contribution in [1.82, 2.24) is 15.3 Å². The lowest BCUT2D eigenvalue weighted by Crippen LogP contribution is -2.26. The topological polar surface area (TPSA) is 76.1 Å². The van der Waals surface area contributed by atoms with Gasteiger partial charge in [0.05, 0.1) is 0 Å². The van der Waals surface area contributed by atoms with Crippen molar-refractivity contribution in [2.24, 2.45) is 0 Å². The standard InChI is InChI=1S/C17H21FN4O2/c1-24-10-4-8-20-17(23)15-11-16(22-12-21-15)19-9-7-13-5-2-3-6-14(13)18/h2-3,5-6,11-12H,4,7-10H2,1H3,(H,20,23)(H,19,21,22). The summed E-state index contributed by atoms with van der Waals surface area (Å²) in [7, 11) is 1.62. The van der Waals surface area contributed by atoms with Crippen LogP contribution in [0.15, 0.2) is 36.7 Å². The van der Waals surface area contributed by atoms with E-state index in [1.54, 1.807) is 31.4 Å². The third-order valence-corrected chi connectivity index (χ3v) is 3.37. The molecular weight excluding hydrogens is 311 g/mol. The number of anilines is 1. The van der Waals surface area contributed by atoms with Crippen molar-refractivity contribution in [1.29, 1.82) is 0 Å². The van der Waals surface area contributed by atoms with Gasteiger partial charge in [0.1, 0.15) is 23.7 Å². The molecular formula is C17H21FN4O2. The van der Waals surface area contributed by atoms with Crippen LogP contribution in [-0.4, -0.2) is 42.7 Å². The fourth-order valence-corrected chi connectivity index (χ4v) is 2.11. The summed E-state index contributed by atoms with van der Waals surface area (Å²) >= 11 is 0. The van der Waals surface area contributed by atoms with Crippen LogP contribution >= 0.6 is 0 Å².